The van der Waals surface area contributed by atoms with E-state index < -0.39 is 12.0 Å². The van der Waals surface area contributed by atoms with Crippen LogP contribution in [-0.4, -0.2) is 54.0 Å². The van der Waals surface area contributed by atoms with E-state index in [1.165, 1.54) is 17.3 Å². The minimum Gasteiger partial charge on any atom is -0.457 e. The molecule has 0 radical (unpaired) electrons. The highest BCUT2D eigenvalue weighted by molar-refractivity contribution is 8.16. The maximum Gasteiger partial charge on any atom is 0.338 e. The van der Waals surface area contributed by atoms with Crippen LogP contribution in [-0.2, 0) is 20.9 Å². The van der Waals surface area contributed by atoms with Gasteiger partial charge in [0.2, 0.25) is 5.91 Å². The average Bonchev–Trinajstić information content (AvgIpc) is 3.28. The van der Waals surface area contributed by atoms with E-state index in [2.05, 4.69) is 43.4 Å². The number of benzene rings is 2. The summed E-state index contributed by atoms with van der Waals surface area (Å²) in [5.74, 6) is -0.0733. The number of rotatable bonds is 10. The van der Waals surface area contributed by atoms with Crippen LogP contribution < -0.4 is 5.32 Å². The van der Waals surface area contributed by atoms with Gasteiger partial charge in [-0.05, 0) is 49.0 Å². The van der Waals surface area contributed by atoms with E-state index in [-0.39, 0.29) is 18.9 Å². The van der Waals surface area contributed by atoms with Crippen molar-refractivity contribution in [2.24, 2.45) is 4.99 Å². The molecule has 0 aromatic heterocycles. The fourth-order valence-corrected chi connectivity index (χ4v) is 5.42. The maximum absolute atomic E-state index is 13.6. The van der Waals surface area contributed by atoms with Gasteiger partial charge in [0.25, 0.3) is 0 Å². The summed E-state index contributed by atoms with van der Waals surface area (Å²) in [6.07, 6.45) is 0.200. The Balaban J connectivity index is 1.63. The van der Waals surface area contributed by atoms with Crippen LogP contribution in [0.25, 0.3) is 0 Å². The zero-order valence-electron chi connectivity index (χ0n) is 22.7. The number of likely N-dealkylation sites (N-methyl/N-ethyl adjacent to an activating group) is 1. The van der Waals surface area contributed by atoms with Crippen molar-refractivity contribution in [3.63, 3.8) is 0 Å². The molecule has 0 spiro atoms. The third-order valence-corrected chi connectivity index (χ3v) is 7.46. The van der Waals surface area contributed by atoms with Crippen molar-refractivity contribution in [1.82, 2.24) is 15.1 Å². The fraction of sp³-hybridized carbons (Fsp3) is 0.367. The summed E-state index contributed by atoms with van der Waals surface area (Å²) in [6, 6.07) is 17.5. The first kappa shape index (κ1) is 27.7. The Morgan fingerprint density at radius 2 is 1.82 bits per heavy atom. The van der Waals surface area contributed by atoms with Crippen molar-refractivity contribution < 1.29 is 14.3 Å². The molecule has 1 N–H and O–H groups in total. The van der Waals surface area contributed by atoms with Gasteiger partial charge >= 0.3 is 5.97 Å². The Kier molecular flexibility index (Phi) is 9.07. The molecule has 2 aromatic rings. The number of esters is 1. The lowest BCUT2D eigenvalue weighted by molar-refractivity contribution is -0.141. The predicted octanol–water partition coefficient (Wildman–Crippen LogP) is 5.20. The topological polar surface area (TPSA) is 74.2 Å². The average molecular weight is 533 g/mol. The number of allylic oxidation sites excluding steroid dienone is 1. The summed E-state index contributed by atoms with van der Waals surface area (Å²) in [7, 11) is 3.95. The highest BCUT2D eigenvalue weighted by Crippen LogP contribution is 2.45. The third-order valence-electron chi connectivity index (χ3n) is 6.58. The molecule has 2 aliphatic heterocycles. The van der Waals surface area contributed by atoms with Gasteiger partial charge in [0.1, 0.15) is 6.61 Å². The first-order valence-corrected chi connectivity index (χ1v) is 13.8. The lowest BCUT2D eigenvalue weighted by atomic mass is 9.92. The van der Waals surface area contributed by atoms with Crippen molar-refractivity contribution in [3.05, 3.63) is 93.7 Å². The van der Waals surface area contributed by atoms with Crippen molar-refractivity contribution in [2.45, 2.75) is 45.8 Å². The van der Waals surface area contributed by atoms with Gasteiger partial charge in [0.15, 0.2) is 5.17 Å². The second-order valence-corrected chi connectivity index (χ2v) is 10.9. The zero-order chi connectivity index (χ0) is 27.2. The first-order valence-electron chi connectivity index (χ1n) is 12.9. The van der Waals surface area contributed by atoms with Crippen LogP contribution >= 0.6 is 11.8 Å². The molecule has 0 bridgehead atoms. The summed E-state index contributed by atoms with van der Waals surface area (Å²) >= 11 is 1.48. The Morgan fingerprint density at radius 3 is 2.47 bits per heavy atom. The number of carbonyl (C=O) groups excluding carboxylic acids is 2. The molecule has 0 fully saturated rings. The van der Waals surface area contributed by atoms with E-state index in [1.54, 1.807) is 0 Å². The van der Waals surface area contributed by atoms with Crippen LogP contribution in [0.5, 0.6) is 0 Å². The van der Waals surface area contributed by atoms with E-state index in [4.69, 9.17) is 9.73 Å². The summed E-state index contributed by atoms with van der Waals surface area (Å²) in [5.41, 5.74) is 5.03. The highest BCUT2D eigenvalue weighted by atomic mass is 32.2. The van der Waals surface area contributed by atoms with Crippen LogP contribution in [0.15, 0.2) is 82.0 Å². The van der Waals surface area contributed by atoms with Gasteiger partial charge in [-0.3, -0.25) is 4.79 Å². The summed E-state index contributed by atoms with van der Waals surface area (Å²) in [5, 5.41) is 5.72. The van der Waals surface area contributed by atoms with Crippen LogP contribution in [0.1, 0.15) is 55.8 Å². The van der Waals surface area contributed by atoms with Crippen molar-refractivity contribution in [2.75, 3.05) is 27.2 Å². The van der Waals surface area contributed by atoms with Gasteiger partial charge < -0.3 is 19.9 Å². The number of nitrogens with zero attached hydrogens (tertiary/aromatic N) is 3. The molecule has 0 saturated carbocycles. The summed E-state index contributed by atoms with van der Waals surface area (Å²) in [6.45, 7) is 7.68. The molecule has 1 unspecified atom stereocenters. The zero-order valence-corrected chi connectivity index (χ0v) is 23.5. The number of hydrogen-bond acceptors (Lipinski definition) is 7. The minimum atomic E-state index is -0.442. The molecule has 2 heterocycles. The normalized spacial score (nSPS) is 16.9. The molecule has 200 valence electrons. The lowest BCUT2D eigenvalue weighted by Gasteiger charge is -2.36. The molecular formula is C30H36N4O3S. The summed E-state index contributed by atoms with van der Waals surface area (Å²) < 4.78 is 5.79. The van der Waals surface area contributed by atoms with Gasteiger partial charge in [0, 0.05) is 18.8 Å². The van der Waals surface area contributed by atoms with Gasteiger partial charge in [-0.25, -0.2) is 9.79 Å². The Labute approximate surface area is 229 Å². The third kappa shape index (κ3) is 6.55. The fourth-order valence-electron chi connectivity index (χ4n) is 4.46. The second-order valence-electron chi connectivity index (χ2n) is 10.1. The number of fused-ring (bicyclic) bond motifs is 1. The van der Waals surface area contributed by atoms with E-state index in [9.17, 15) is 9.59 Å². The molecule has 38 heavy (non-hydrogen) atoms. The monoisotopic (exact) mass is 532 g/mol. The first-order chi connectivity index (χ1) is 18.2. The van der Waals surface area contributed by atoms with Crippen molar-refractivity contribution in [3.8, 4) is 0 Å². The standard InChI is InChI=1S/C30H36N4O3S/c1-20(2)23-11-13-24(14-12-23)28-27(29(36)37-18-22-9-7-6-8-10-22)21(3)32-30-34(28)25(19-38-30)17-26(35)31-15-16-33(4)5/h6-14,19-20,28H,15-18H2,1-5H3,(H,31,35). The van der Waals surface area contributed by atoms with Gasteiger partial charge in [-0.2, -0.15) is 0 Å². The van der Waals surface area contributed by atoms with Crippen LogP contribution in [0.3, 0.4) is 0 Å². The Bertz CT molecular complexity index is 1250. The van der Waals surface area contributed by atoms with Crippen LogP contribution in [0.4, 0.5) is 0 Å². The SMILES string of the molecule is CC1=C(C(=O)OCc2ccccc2)C(c2ccc(C(C)C)cc2)N2C(CC(=O)NCCN(C)C)=CSC2=N1. The molecule has 1 atom stereocenters. The molecule has 4 rings (SSSR count). The van der Waals surface area contributed by atoms with Gasteiger partial charge in [-0.15, -0.1) is 0 Å². The van der Waals surface area contributed by atoms with E-state index >= 15 is 0 Å². The van der Waals surface area contributed by atoms with Gasteiger partial charge in [-0.1, -0.05) is 80.2 Å². The lowest BCUT2D eigenvalue weighted by Crippen LogP contribution is -2.38. The number of aliphatic imine (C=N–C) groups is 1. The maximum atomic E-state index is 13.6. The molecule has 7 nitrogen and oxygen atoms in total. The van der Waals surface area contributed by atoms with Crippen molar-refractivity contribution in [1.29, 1.82) is 0 Å². The smallest absolute Gasteiger partial charge is 0.338 e. The highest BCUT2D eigenvalue weighted by Gasteiger charge is 2.41. The van der Waals surface area contributed by atoms with Crippen LogP contribution in [0, 0.1) is 0 Å². The van der Waals surface area contributed by atoms with E-state index in [0.29, 0.717) is 23.7 Å². The molecule has 1 amide bonds. The number of ether oxygens (including phenoxy) is 1. The largest absolute Gasteiger partial charge is 0.457 e. The second kappa shape index (κ2) is 12.5. The Morgan fingerprint density at radius 1 is 1.11 bits per heavy atom. The number of amides is 1. The van der Waals surface area contributed by atoms with E-state index in [1.807, 2.05) is 66.6 Å². The minimum absolute atomic E-state index is 0.0617. The molecule has 8 heteroatoms. The van der Waals surface area contributed by atoms with Crippen molar-refractivity contribution >= 4 is 28.8 Å². The number of thioether (sulfide) groups is 1. The molecule has 0 saturated heterocycles. The van der Waals surface area contributed by atoms with E-state index in [0.717, 1.165) is 28.5 Å². The molecule has 0 aliphatic carbocycles. The number of nitrogens with one attached hydrogen (secondary N) is 1. The summed E-state index contributed by atoms with van der Waals surface area (Å²) in [4.78, 5) is 35.2. The van der Waals surface area contributed by atoms with Gasteiger partial charge in [0.05, 0.1) is 23.7 Å². The number of amidine groups is 1. The quantitative estimate of drug-likeness (QED) is 0.424. The van der Waals surface area contributed by atoms with Crippen LogP contribution in [0.2, 0.25) is 0 Å². The molecule has 2 aromatic carbocycles. The number of hydrogen-bond donors (Lipinski definition) is 1. The molecular weight excluding hydrogens is 496 g/mol. The Hall–Kier alpha value is -3.36. The number of carbonyl (C=O) groups is 2. The predicted molar refractivity (Wildman–Crippen MR) is 153 cm³/mol. The molecule has 2 aliphatic rings.